The van der Waals surface area contributed by atoms with Crippen LogP contribution in [-0.2, 0) is 13.5 Å². The molecule has 0 saturated carbocycles. The Hall–Kier alpha value is -1.33. The number of rotatable bonds is 5. The zero-order valence-electron chi connectivity index (χ0n) is 11.0. The Bertz CT molecular complexity index is 552. The summed E-state index contributed by atoms with van der Waals surface area (Å²) in [5.41, 5.74) is 1.93. The predicted octanol–water partition coefficient (Wildman–Crippen LogP) is 2.86. The second-order valence-electron chi connectivity index (χ2n) is 4.48. The second-order valence-corrected chi connectivity index (χ2v) is 5.39. The van der Waals surface area contributed by atoms with Crippen LogP contribution in [-0.4, -0.2) is 21.5 Å². The molecule has 0 aliphatic heterocycles. The van der Waals surface area contributed by atoms with Gasteiger partial charge in [0.1, 0.15) is 5.75 Å². The quantitative estimate of drug-likeness (QED) is 0.919. The first-order chi connectivity index (χ1) is 9.06. The third-order valence-corrected chi connectivity index (χ3v) is 3.32. The van der Waals surface area contributed by atoms with Crippen LogP contribution in [0.5, 0.6) is 5.75 Å². The lowest BCUT2D eigenvalue weighted by atomic mass is 10.1. The summed E-state index contributed by atoms with van der Waals surface area (Å²) in [6.07, 6.45) is 4.05. The third kappa shape index (κ3) is 3.81. The summed E-state index contributed by atoms with van der Waals surface area (Å²) < 4.78 is 8.46. The van der Waals surface area contributed by atoms with Crippen LogP contribution in [0.4, 0.5) is 0 Å². The molecule has 19 heavy (non-hydrogen) atoms. The number of hydrogen-bond donors (Lipinski definition) is 1. The van der Waals surface area contributed by atoms with E-state index >= 15 is 0 Å². The van der Waals surface area contributed by atoms with Crippen molar-refractivity contribution >= 4 is 15.9 Å². The van der Waals surface area contributed by atoms with Crippen LogP contribution < -0.4 is 4.74 Å². The monoisotopic (exact) mass is 324 g/mol. The van der Waals surface area contributed by atoms with Gasteiger partial charge in [-0.3, -0.25) is 4.68 Å². The number of hydrogen-bond acceptors (Lipinski definition) is 3. The summed E-state index contributed by atoms with van der Waals surface area (Å²) in [7, 11) is 1.89. The highest BCUT2D eigenvalue weighted by Crippen LogP contribution is 2.28. The number of aliphatic hydroxyl groups excluding tert-OH is 1. The van der Waals surface area contributed by atoms with E-state index in [1.54, 1.807) is 11.6 Å². The summed E-state index contributed by atoms with van der Waals surface area (Å²) >= 11 is 3.39. The lowest BCUT2D eigenvalue weighted by Gasteiger charge is -2.13. The van der Waals surface area contributed by atoms with Crippen LogP contribution in [0.3, 0.4) is 0 Å². The van der Waals surface area contributed by atoms with E-state index in [1.807, 2.05) is 37.6 Å². The Morgan fingerprint density at radius 1 is 1.47 bits per heavy atom. The van der Waals surface area contributed by atoms with Gasteiger partial charge in [0, 0.05) is 29.7 Å². The van der Waals surface area contributed by atoms with Gasteiger partial charge in [-0.25, -0.2) is 0 Å². The van der Waals surface area contributed by atoms with Crippen LogP contribution in [0, 0.1) is 0 Å². The molecule has 0 aliphatic carbocycles. The molecule has 5 heteroatoms. The summed E-state index contributed by atoms with van der Waals surface area (Å²) in [5.74, 6) is 0.724. The van der Waals surface area contributed by atoms with E-state index in [2.05, 4.69) is 21.0 Å². The smallest absolute Gasteiger partial charge is 0.125 e. The molecule has 1 atom stereocenters. The average Bonchev–Trinajstić information content (AvgIpc) is 2.77. The zero-order chi connectivity index (χ0) is 13.8. The Labute approximate surface area is 121 Å². The summed E-state index contributed by atoms with van der Waals surface area (Å²) in [6, 6.07) is 5.66. The number of aromatic nitrogens is 2. The van der Waals surface area contributed by atoms with Crippen molar-refractivity contribution < 1.29 is 9.84 Å². The molecule has 102 valence electrons. The zero-order valence-corrected chi connectivity index (χ0v) is 12.6. The molecule has 0 aliphatic rings. The minimum Gasteiger partial charge on any atom is -0.493 e. The van der Waals surface area contributed by atoms with Crippen LogP contribution >= 0.6 is 15.9 Å². The number of nitrogens with zero attached hydrogens (tertiary/aromatic N) is 2. The van der Waals surface area contributed by atoms with Crippen molar-refractivity contribution in [3.8, 4) is 5.75 Å². The molecule has 4 nitrogen and oxygen atoms in total. The highest BCUT2D eigenvalue weighted by atomic mass is 79.9. The van der Waals surface area contributed by atoms with E-state index in [0.29, 0.717) is 6.61 Å². The van der Waals surface area contributed by atoms with Gasteiger partial charge in [-0.1, -0.05) is 15.9 Å². The molecular formula is C14H17BrN2O2. The predicted molar refractivity (Wildman–Crippen MR) is 77.2 cm³/mol. The SMILES string of the molecule is CC(O)c1cc(Br)ccc1OCCc1cnn(C)c1. The normalized spacial score (nSPS) is 12.4. The van der Waals surface area contributed by atoms with Gasteiger partial charge in [0.05, 0.1) is 18.9 Å². The van der Waals surface area contributed by atoms with E-state index in [9.17, 15) is 5.11 Å². The first-order valence-corrected chi connectivity index (χ1v) is 6.93. The lowest BCUT2D eigenvalue weighted by molar-refractivity contribution is 0.191. The summed E-state index contributed by atoms with van der Waals surface area (Å²) in [4.78, 5) is 0. The highest BCUT2D eigenvalue weighted by molar-refractivity contribution is 9.10. The molecule has 1 aromatic carbocycles. The summed E-state index contributed by atoms with van der Waals surface area (Å²) in [6.45, 7) is 2.29. The molecule has 1 aromatic heterocycles. The molecule has 0 bridgehead atoms. The van der Waals surface area contributed by atoms with Gasteiger partial charge < -0.3 is 9.84 Å². The maximum atomic E-state index is 9.73. The molecule has 0 radical (unpaired) electrons. The van der Waals surface area contributed by atoms with E-state index in [-0.39, 0.29) is 0 Å². The Kier molecular flexibility index (Phi) is 4.61. The number of ether oxygens (including phenoxy) is 1. The average molecular weight is 325 g/mol. The standard InChI is InChI=1S/C14H17BrN2O2/c1-10(18)13-7-12(15)3-4-14(13)19-6-5-11-8-16-17(2)9-11/h3-4,7-10,18H,5-6H2,1-2H3. The van der Waals surface area contributed by atoms with Crippen molar-refractivity contribution in [3.63, 3.8) is 0 Å². The molecule has 0 saturated heterocycles. The minimum atomic E-state index is -0.550. The maximum Gasteiger partial charge on any atom is 0.125 e. The van der Waals surface area contributed by atoms with Gasteiger partial charge in [0.2, 0.25) is 0 Å². The fraction of sp³-hybridized carbons (Fsp3) is 0.357. The minimum absolute atomic E-state index is 0.550. The second kappa shape index (κ2) is 6.21. The van der Waals surface area contributed by atoms with Crippen molar-refractivity contribution in [3.05, 3.63) is 46.2 Å². The fourth-order valence-corrected chi connectivity index (χ4v) is 2.24. The van der Waals surface area contributed by atoms with E-state index in [4.69, 9.17) is 4.74 Å². The molecule has 1 heterocycles. The van der Waals surface area contributed by atoms with Crippen molar-refractivity contribution in [1.29, 1.82) is 0 Å². The number of aryl methyl sites for hydroxylation is 1. The molecule has 1 unspecified atom stereocenters. The molecule has 0 spiro atoms. The van der Waals surface area contributed by atoms with Crippen LogP contribution in [0.1, 0.15) is 24.2 Å². The van der Waals surface area contributed by atoms with Crippen LogP contribution in [0.15, 0.2) is 35.1 Å². The van der Waals surface area contributed by atoms with E-state index in [1.165, 1.54) is 0 Å². The highest BCUT2D eigenvalue weighted by Gasteiger charge is 2.10. The Balaban J connectivity index is 1.99. The molecular weight excluding hydrogens is 308 g/mol. The number of halogens is 1. The molecule has 2 rings (SSSR count). The fourth-order valence-electron chi connectivity index (χ4n) is 1.86. The van der Waals surface area contributed by atoms with Crippen LogP contribution in [0.2, 0.25) is 0 Å². The molecule has 1 N–H and O–H groups in total. The van der Waals surface area contributed by atoms with Crippen molar-refractivity contribution in [2.75, 3.05) is 6.61 Å². The van der Waals surface area contributed by atoms with Gasteiger partial charge in [-0.15, -0.1) is 0 Å². The maximum absolute atomic E-state index is 9.73. The van der Waals surface area contributed by atoms with Crippen molar-refractivity contribution in [2.45, 2.75) is 19.4 Å². The van der Waals surface area contributed by atoms with E-state index < -0.39 is 6.10 Å². The topological polar surface area (TPSA) is 47.3 Å². The number of benzene rings is 1. The Morgan fingerprint density at radius 3 is 2.89 bits per heavy atom. The third-order valence-electron chi connectivity index (χ3n) is 2.83. The molecule has 0 amide bonds. The van der Waals surface area contributed by atoms with Gasteiger partial charge in [-0.05, 0) is 30.7 Å². The van der Waals surface area contributed by atoms with Gasteiger partial charge >= 0.3 is 0 Å². The van der Waals surface area contributed by atoms with Gasteiger partial charge in [0.25, 0.3) is 0 Å². The van der Waals surface area contributed by atoms with E-state index in [0.717, 1.165) is 27.8 Å². The largest absolute Gasteiger partial charge is 0.493 e. The first kappa shape index (κ1) is 14.1. The molecule has 2 aromatic rings. The lowest BCUT2D eigenvalue weighted by Crippen LogP contribution is -2.04. The summed E-state index contributed by atoms with van der Waals surface area (Å²) in [5, 5.41) is 13.8. The first-order valence-electron chi connectivity index (χ1n) is 6.14. The molecule has 0 fully saturated rings. The van der Waals surface area contributed by atoms with Gasteiger partial charge in [-0.2, -0.15) is 5.10 Å². The Morgan fingerprint density at radius 2 is 2.26 bits per heavy atom. The van der Waals surface area contributed by atoms with Crippen molar-refractivity contribution in [1.82, 2.24) is 9.78 Å². The van der Waals surface area contributed by atoms with Crippen molar-refractivity contribution in [2.24, 2.45) is 7.05 Å². The van der Waals surface area contributed by atoms with Crippen LogP contribution in [0.25, 0.3) is 0 Å². The number of aliphatic hydroxyl groups is 1. The van der Waals surface area contributed by atoms with Gasteiger partial charge in [0.15, 0.2) is 0 Å².